The Morgan fingerprint density at radius 1 is 1.27 bits per heavy atom. The van der Waals surface area contributed by atoms with E-state index in [1.54, 1.807) is 18.4 Å². The van der Waals surface area contributed by atoms with E-state index in [0.29, 0.717) is 35.5 Å². The van der Waals surface area contributed by atoms with Gasteiger partial charge < -0.3 is 26.3 Å². The molecule has 0 spiro atoms. The van der Waals surface area contributed by atoms with Crippen molar-refractivity contribution in [1.82, 2.24) is 9.29 Å². The van der Waals surface area contributed by atoms with Crippen molar-refractivity contribution < 1.29 is 14.1 Å². The van der Waals surface area contributed by atoms with Gasteiger partial charge in [0.15, 0.2) is 0 Å². The molecular formula is C24H25N5O3S. The summed E-state index contributed by atoms with van der Waals surface area (Å²) in [5.74, 6) is -0.868. The summed E-state index contributed by atoms with van der Waals surface area (Å²) in [5.41, 5.74) is 17.4. The van der Waals surface area contributed by atoms with Crippen molar-refractivity contribution >= 4 is 51.0 Å². The molecule has 0 fully saturated rings. The molecule has 0 radical (unpaired) electrons. The molecule has 170 valence electrons. The maximum atomic E-state index is 12.1. The first-order valence-corrected chi connectivity index (χ1v) is 11.9. The fourth-order valence-electron chi connectivity index (χ4n) is 4.05. The maximum Gasteiger partial charge on any atom is 0.250 e. The third-order valence-corrected chi connectivity index (χ3v) is 6.72. The van der Waals surface area contributed by atoms with E-state index in [2.05, 4.69) is 16.9 Å². The van der Waals surface area contributed by atoms with Crippen LogP contribution in [0.2, 0.25) is 0 Å². The first kappa shape index (κ1) is 22.7. The van der Waals surface area contributed by atoms with Crippen LogP contribution in [-0.2, 0) is 16.2 Å². The minimum Gasteiger partial charge on any atom is -0.598 e. The van der Waals surface area contributed by atoms with Crippen molar-refractivity contribution in [2.75, 3.05) is 30.4 Å². The van der Waals surface area contributed by atoms with Crippen LogP contribution in [0.15, 0.2) is 55.1 Å². The first-order chi connectivity index (χ1) is 15.8. The van der Waals surface area contributed by atoms with Crippen LogP contribution < -0.4 is 16.8 Å². The molecule has 2 aromatic carbocycles. The Bertz CT molecular complexity index is 1290. The van der Waals surface area contributed by atoms with Gasteiger partial charge in [-0.1, -0.05) is 18.7 Å². The molecule has 4 rings (SSSR count). The monoisotopic (exact) mass is 463 g/mol. The molecule has 1 aromatic heterocycles. The van der Waals surface area contributed by atoms with Crippen LogP contribution in [0.4, 0.5) is 11.4 Å². The van der Waals surface area contributed by atoms with E-state index in [0.717, 1.165) is 34.2 Å². The number of H-pyrrole nitrogens is 1. The van der Waals surface area contributed by atoms with E-state index >= 15 is 0 Å². The van der Waals surface area contributed by atoms with Gasteiger partial charge >= 0.3 is 0 Å². The number of aromatic amines is 1. The van der Waals surface area contributed by atoms with Crippen LogP contribution in [0, 0.1) is 0 Å². The number of nitrogens with two attached hydrogens (primary N) is 2. The summed E-state index contributed by atoms with van der Waals surface area (Å²) in [5, 5.41) is 3.55. The third kappa shape index (κ3) is 4.65. The van der Waals surface area contributed by atoms with Crippen LogP contribution in [0.3, 0.4) is 0 Å². The third-order valence-electron chi connectivity index (χ3n) is 5.66. The molecule has 0 aliphatic carbocycles. The van der Waals surface area contributed by atoms with Gasteiger partial charge in [-0.05, 0) is 59.5 Å². The number of primary amides is 1. The van der Waals surface area contributed by atoms with Crippen LogP contribution in [-0.4, -0.2) is 45.0 Å². The van der Waals surface area contributed by atoms with Gasteiger partial charge in [0.1, 0.15) is 6.26 Å². The van der Waals surface area contributed by atoms with E-state index < -0.39 is 17.3 Å². The second-order valence-corrected chi connectivity index (χ2v) is 9.19. The number of rotatable bonds is 6. The molecule has 1 atom stereocenters. The van der Waals surface area contributed by atoms with Gasteiger partial charge in [-0.25, -0.2) is 0 Å². The van der Waals surface area contributed by atoms with Crippen LogP contribution in [0.5, 0.6) is 0 Å². The Balaban J connectivity index is 1.82. The van der Waals surface area contributed by atoms with Crippen LogP contribution >= 0.6 is 0 Å². The van der Waals surface area contributed by atoms with Crippen molar-refractivity contribution in [2.24, 2.45) is 5.73 Å². The molecule has 0 saturated carbocycles. The first-order valence-electron chi connectivity index (χ1n) is 10.3. The predicted octanol–water partition coefficient (Wildman–Crippen LogP) is 3.02. The number of carbonyl (C=O) groups is 2. The molecule has 2 heterocycles. The van der Waals surface area contributed by atoms with E-state index in [9.17, 15) is 14.1 Å². The second kappa shape index (κ2) is 9.14. The maximum absolute atomic E-state index is 12.1. The fourth-order valence-corrected chi connectivity index (χ4v) is 4.68. The quantitative estimate of drug-likeness (QED) is 0.253. The number of benzene rings is 2. The Morgan fingerprint density at radius 3 is 2.70 bits per heavy atom. The number of anilines is 2. The van der Waals surface area contributed by atoms with Crippen molar-refractivity contribution in [1.29, 1.82) is 0 Å². The summed E-state index contributed by atoms with van der Waals surface area (Å²) >= 11 is -1.02. The lowest BCUT2D eigenvalue weighted by Crippen LogP contribution is -2.33. The van der Waals surface area contributed by atoms with Crippen molar-refractivity contribution in [3.8, 4) is 11.1 Å². The molecule has 33 heavy (non-hydrogen) atoms. The number of hydrogen-bond donors (Lipinski definition) is 4. The highest BCUT2D eigenvalue weighted by atomic mass is 32.2. The smallest absolute Gasteiger partial charge is 0.250 e. The number of fused-ring (bicyclic) bond motifs is 1. The number of aromatic nitrogens is 1. The van der Waals surface area contributed by atoms with Gasteiger partial charge in [-0.15, -0.1) is 4.31 Å². The molecule has 8 nitrogen and oxygen atoms in total. The van der Waals surface area contributed by atoms with Crippen molar-refractivity contribution in [2.45, 2.75) is 6.42 Å². The standard InChI is InChI=1S/C24H25N5O3S/c1-3-22(30)27-17-11-15(10-16(25)12-17)18-4-5-19(24(26)31)23-20(18)13-21(28-23)14-6-8-29(9-7-14)33(2)32/h3-6,10-13,28H,1,7-9,25H2,2H3,(H2,26,31)(H,27,30). The molecular weight excluding hydrogens is 438 g/mol. The highest BCUT2D eigenvalue weighted by Crippen LogP contribution is 2.36. The van der Waals surface area contributed by atoms with Crippen molar-refractivity contribution in [3.05, 3.63) is 66.4 Å². The fraction of sp³-hybridized carbons (Fsp3) is 0.167. The van der Waals surface area contributed by atoms with E-state index in [4.69, 9.17) is 11.5 Å². The van der Waals surface area contributed by atoms with Crippen LogP contribution in [0.25, 0.3) is 27.6 Å². The predicted molar refractivity (Wildman–Crippen MR) is 134 cm³/mol. The summed E-state index contributed by atoms with van der Waals surface area (Å²) in [7, 11) is 0. The number of nitrogens with one attached hydrogen (secondary N) is 2. The lowest BCUT2D eigenvalue weighted by Gasteiger charge is -2.24. The Morgan fingerprint density at radius 2 is 2.06 bits per heavy atom. The number of nitrogens with zero attached hydrogens (tertiary/aromatic N) is 1. The highest BCUT2D eigenvalue weighted by molar-refractivity contribution is 7.88. The van der Waals surface area contributed by atoms with Gasteiger partial charge in [-0.3, -0.25) is 9.59 Å². The molecule has 0 saturated heterocycles. The van der Waals surface area contributed by atoms with Gasteiger partial charge in [0.05, 0.1) is 17.6 Å². The Hall–Kier alpha value is -3.53. The zero-order chi connectivity index (χ0) is 23.7. The van der Waals surface area contributed by atoms with Gasteiger partial charge in [0.25, 0.3) is 5.91 Å². The Labute approximate surface area is 194 Å². The van der Waals surface area contributed by atoms with E-state index in [1.165, 1.54) is 6.08 Å². The molecule has 1 unspecified atom stereocenters. The number of hydrogen-bond acceptors (Lipinski definition) is 5. The van der Waals surface area contributed by atoms with E-state index in [1.807, 2.05) is 34.6 Å². The molecule has 1 aliphatic heterocycles. The van der Waals surface area contributed by atoms with E-state index in [-0.39, 0.29) is 5.91 Å². The van der Waals surface area contributed by atoms with Gasteiger partial charge in [0.2, 0.25) is 5.91 Å². The lowest BCUT2D eigenvalue weighted by atomic mass is 9.97. The van der Waals surface area contributed by atoms with Gasteiger partial charge in [-0.2, -0.15) is 0 Å². The lowest BCUT2D eigenvalue weighted by molar-refractivity contribution is -0.111. The summed E-state index contributed by atoms with van der Waals surface area (Å²) < 4.78 is 13.6. The largest absolute Gasteiger partial charge is 0.598 e. The molecule has 0 bridgehead atoms. The highest BCUT2D eigenvalue weighted by Gasteiger charge is 2.22. The minimum atomic E-state index is -1.02. The summed E-state index contributed by atoms with van der Waals surface area (Å²) in [6.45, 7) is 4.74. The zero-order valence-corrected chi connectivity index (χ0v) is 19.0. The summed E-state index contributed by atoms with van der Waals surface area (Å²) in [6.07, 6.45) is 5.63. The molecule has 2 amide bonds. The average Bonchev–Trinajstić information content (AvgIpc) is 3.23. The normalized spacial score (nSPS) is 15.2. The summed E-state index contributed by atoms with van der Waals surface area (Å²) in [4.78, 5) is 27.2. The molecule has 9 heteroatoms. The minimum absolute atomic E-state index is 0.337. The number of nitrogen functional groups attached to an aromatic ring is 1. The average molecular weight is 464 g/mol. The van der Waals surface area contributed by atoms with Crippen molar-refractivity contribution in [3.63, 3.8) is 0 Å². The number of amides is 2. The zero-order valence-electron chi connectivity index (χ0n) is 18.2. The SMILES string of the molecule is C=CC(=O)Nc1cc(N)cc(-c2ccc(C(N)=O)c3[nH]c(C4=CCN([S+](C)[O-])CC4)cc23)c1. The van der Waals surface area contributed by atoms with Crippen LogP contribution in [0.1, 0.15) is 22.5 Å². The molecule has 3 aromatic rings. The Kier molecular flexibility index (Phi) is 6.28. The topological polar surface area (TPSA) is 140 Å². The second-order valence-electron chi connectivity index (χ2n) is 7.82. The summed E-state index contributed by atoms with van der Waals surface area (Å²) in [6, 6.07) is 10.8. The molecule has 1 aliphatic rings. The van der Waals surface area contributed by atoms with Gasteiger partial charge in [0, 0.05) is 40.4 Å². The number of carbonyl (C=O) groups excluding carboxylic acids is 2. The molecule has 6 N–H and O–H groups in total.